The molecule has 16 heavy (non-hydrogen) atoms. The fraction of sp³-hybridized carbons (Fsp3) is 1.00. The van der Waals surface area contributed by atoms with Crippen molar-refractivity contribution in [3.05, 3.63) is 0 Å². The van der Waals surface area contributed by atoms with E-state index in [4.69, 9.17) is 0 Å². The molecule has 0 rings (SSSR count). The SMILES string of the molecule is CNCCS(=O)(=O)N(CC(F)(F)F)C(C)C. The van der Waals surface area contributed by atoms with Gasteiger partial charge >= 0.3 is 6.18 Å². The monoisotopic (exact) mass is 262 g/mol. The number of nitrogens with zero attached hydrogens (tertiary/aromatic N) is 1. The Bertz CT molecular complexity index is 301. The Balaban J connectivity index is 4.78. The van der Waals surface area contributed by atoms with E-state index in [0.717, 1.165) is 0 Å². The van der Waals surface area contributed by atoms with Crippen molar-refractivity contribution in [1.29, 1.82) is 0 Å². The van der Waals surface area contributed by atoms with Crippen molar-refractivity contribution >= 4 is 10.0 Å². The number of alkyl halides is 3. The summed E-state index contributed by atoms with van der Waals surface area (Å²) < 4.78 is 60.3. The van der Waals surface area contributed by atoms with Gasteiger partial charge in [0.2, 0.25) is 10.0 Å². The third-order valence-corrected chi connectivity index (χ3v) is 3.86. The minimum absolute atomic E-state index is 0.128. The van der Waals surface area contributed by atoms with E-state index in [1.165, 1.54) is 13.8 Å². The van der Waals surface area contributed by atoms with Gasteiger partial charge in [0, 0.05) is 12.6 Å². The molecule has 0 unspecified atom stereocenters. The molecule has 0 aliphatic heterocycles. The number of rotatable bonds is 6. The fourth-order valence-corrected chi connectivity index (χ4v) is 2.81. The number of nitrogens with one attached hydrogen (secondary N) is 1. The Labute approximate surface area is 93.9 Å². The van der Waals surface area contributed by atoms with Crippen molar-refractivity contribution < 1.29 is 21.6 Å². The second kappa shape index (κ2) is 5.83. The van der Waals surface area contributed by atoms with Crippen LogP contribution in [0.15, 0.2) is 0 Å². The molecule has 0 spiro atoms. The lowest BCUT2D eigenvalue weighted by atomic mass is 10.4. The van der Waals surface area contributed by atoms with Crippen LogP contribution in [0, 0.1) is 0 Å². The van der Waals surface area contributed by atoms with Crippen molar-refractivity contribution in [3.63, 3.8) is 0 Å². The predicted molar refractivity (Wildman–Crippen MR) is 55.6 cm³/mol. The molecule has 0 atom stereocenters. The van der Waals surface area contributed by atoms with Gasteiger partial charge in [-0.3, -0.25) is 0 Å². The second-order valence-corrected chi connectivity index (χ2v) is 5.71. The molecule has 0 aromatic carbocycles. The van der Waals surface area contributed by atoms with Crippen LogP contribution >= 0.6 is 0 Å². The summed E-state index contributed by atoms with van der Waals surface area (Å²) in [6.07, 6.45) is -4.52. The molecular formula is C8H17F3N2O2S. The van der Waals surface area contributed by atoms with Gasteiger partial charge in [0.25, 0.3) is 0 Å². The van der Waals surface area contributed by atoms with E-state index in [-0.39, 0.29) is 12.3 Å². The highest BCUT2D eigenvalue weighted by Gasteiger charge is 2.37. The smallest absolute Gasteiger partial charge is 0.319 e. The van der Waals surface area contributed by atoms with Crippen LogP contribution in [0.4, 0.5) is 13.2 Å². The van der Waals surface area contributed by atoms with Crippen LogP contribution in [-0.2, 0) is 10.0 Å². The zero-order valence-corrected chi connectivity index (χ0v) is 10.3. The number of hydrogen-bond acceptors (Lipinski definition) is 3. The molecule has 0 saturated heterocycles. The molecule has 0 aliphatic carbocycles. The van der Waals surface area contributed by atoms with Gasteiger partial charge in [-0.2, -0.15) is 17.5 Å². The Morgan fingerprint density at radius 3 is 2.12 bits per heavy atom. The molecule has 0 aliphatic rings. The van der Waals surface area contributed by atoms with Gasteiger partial charge < -0.3 is 5.32 Å². The minimum atomic E-state index is -4.52. The number of sulfonamides is 1. The Hall–Kier alpha value is -0.340. The molecular weight excluding hydrogens is 245 g/mol. The summed E-state index contributed by atoms with van der Waals surface area (Å²) >= 11 is 0. The first-order valence-corrected chi connectivity index (χ1v) is 6.42. The second-order valence-electron chi connectivity index (χ2n) is 3.67. The number of halogens is 3. The Morgan fingerprint density at radius 1 is 1.31 bits per heavy atom. The van der Waals surface area contributed by atoms with E-state index in [0.29, 0.717) is 4.31 Å². The molecule has 0 aromatic heterocycles. The standard InChI is InChI=1S/C8H17F3N2O2S/c1-7(2)13(6-8(9,10)11)16(14,15)5-4-12-3/h7,12H,4-6H2,1-3H3. The normalized spacial score (nSPS) is 13.8. The molecule has 0 heterocycles. The highest BCUT2D eigenvalue weighted by molar-refractivity contribution is 7.89. The van der Waals surface area contributed by atoms with Gasteiger partial charge in [-0.1, -0.05) is 0 Å². The van der Waals surface area contributed by atoms with E-state index in [1.54, 1.807) is 7.05 Å². The molecule has 0 aromatic rings. The first kappa shape index (κ1) is 15.7. The summed E-state index contributed by atoms with van der Waals surface area (Å²) in [7, 11) is -2.33. The van der Waals surface area contributed by atoms with E-state index in [1.807, 2.05) is 0 Å². The highest BCUT2D eigenvalue weighted by Crippen LogP contribution is 2.20. The van der Waals surface area contributed by atoms with Gasteiger partial charge in [0.15, 0.2) is 0 Å². The highest BCUT2D eigenvalue weighted by atomic mass is 32.2. The predicted octanol–water partition coefficient (Wildman–Crippen LogP) is 0.808. The fourth-order valence-electron chi connectivity index (χ4n) is 1.13. The van der Waals surface area contributed by atoms with Gasteiger partial charge in [0.1, 0.15) is 6.54 Å². The molecule has 0 radical (unpaired) electrons. The van der Waals surface area contributed by atoms with Crippen molar-refractivity contribution in [1.82, 2.24) is 9.62 Å². The van der Waals surface area contributed by atoms with Crippen molar-refractivity contribution in [2.24, 2.45) is 0 Å². The maximum Gasteiger partial charge on any atom is 0.402 e. The van der Waals surface area contributed by atoms with Crippen LogP contribution in [0.3, 0.4) is 0 Å². The zero-order valence-electron chi connectivity index (χ0n) is 9.50. The third-order valence-electron chi connectivity index (χ3n) is 1.88. The molecule has 0 bridgehead atoms. The lowest BCUT2D eigenvalue weighted by Gasteiger charge is -2.26. The average Bonchev–Trinajstić information content (AvgIpc) is 2.09. The third kappa shape index (κ3) is 5.66. The van der Waals surface area contributed by atoms with Crippen LogP contribution < -0.4 is 5.32 Å². The minimum Gasteiger partial charge on any atom is -0.319 e. The Kier molecular flexibility index (Phi) is 5.71. The Morgan fingerprint density at radius 2 is 1.81 bits per heavy atom. The van der Waals surface area contributed by atoms with Crippen molar-refractivity contribution in [3.8, 4) is 0 Å². The first-order valence-electron chi connectivity index (χ1n) is 4.81. The molecule has 1 N–H and O–H groups in total. The van der Waals surface area contributed by atoms with Gasteiger partial charge in [-0.05, 0) is 20.9 Å². The summed E-state index contributed by atoms with van der Waals surface area (Å²) in [4.78, 5) is 0. The molecule has 4 nitrogen and oxygen atoms in total. The van der Waals surface area contributed by atoms with Gasteiger partial charge in [0.05, 0.1) is 5.75 Å². The maximum atomic E-state index is 12.2. The summed E-state index contributed by atoms with van der Waals surface area (Å²) in [6, 6.07) is -0.705. The van der Waals surface area contributed by atoms with E-state index in [9.17, 15) is 21.6 Å². The van der Waals surface area contributed by atoms with E-state index < -0.39 is 28.8 Å². The van der Waals surface area contributed by atoms with Crippen LogP contribution in [0.5, 0.6) is 0 Å². The molecule has 8 heteroatoms. The summed E-state index contributed by atoms with van der Waals surface area (Å²) in [5.74, 6) is -0.336. The summed E-state index contributed by atoms with van der Waals surface area (Å²) in [6.45, 7) is 1.53. The molecule has 0 saturated carbocycles. The summed E-state index contributed by atoms with van der Waals surface area (Å²) in [5.41, 5.74) is 0. The van der Waals surface area contributed by atoms with E-state index >= 15 is 0 Å². The van der Waals surface area contributed by atoms with E-state index in [2.05, 4.69) is 5.32 Å². The quantitative estimate of drug-likeness (QED) is 0.770. The van der Waals surface area contributed by atoms with Crippen LogP contribution in [0.2, 0.25) is 0 Å². The van der Waals surface area contributed by atoms with Crippen LogP contribution in [0.25, 0.3) is 0 Å². The van der Waals surface area contributed by atoms with Crippen LogP contribution in [0.1, 0.15) is 13.8 Å². The molecule has 0 fully saturated rings. The largest absolute Gasteiger partial charge is 0.402 e. The summed E-state index contributed by atoms with van der Waals surface area (Å²) in [5, 5.41) is 2.59. The first-order chi connectivity index (χ1) is 7.10. The maximum absolute atomic E-state index is 12.2. The van der Waals surface area contributed by atoms with Crippen molar-refractivity contribution in [2.75, 3.05) is 25.9 Å². The average molecular weight is 262 g/mol. The lowest BCUT2D eigenvalue weighted by Crippen LogP contribution is -2.45. The topological polar surface area (TPSA) is 49.4 Å². The van der Waals surface area contributed by atoms with Crippen LogP contribution in [-0.4, -0.2) is 50.8 Å². The van der Waals surface area contributed by atoms with Crippen molar-refractivity contribution in [2.45, 2.75) is 26.1 Å². The zero-order chi connectivity index (χ0) is 13.0. The van der Waals surface area contributed by atoms with Gasteiger partial charge in [-0.15, -0.1) is 0 Å². The molecule has 0 amide bonds. The van der Waals surface area contributed by atoms with Gasteiger partial charge in [-0.25, -0.2) is 8.42 Å². The molecule has 98 valence electrons. The number of hydrogen-bond donors (Lipinski definition) is 1. The lowest BCUT2D eigenvalue weighted by molar-refractivity contribution is -0.138.